The van der Waals surface area contributed by atoms with Crippen molar-refractivity contribution >= 4 is 0 Å². The van der Waals surface area contributed by atoms with Crippen LogP contribution in [0.4, 0.5) is 0 Å². The first-order valence-corrected chi connectivity index (χ1v) is 7.30. The van der Waals surface area contributed by atoms with Crippen molar-refractivity contribution in [3.63, 3.8) is 0 Å². The quantitative estimate of drug-likeness (QED) is 0.719. The number of nitrogens with one attached hydrogen (secondary N) is 1. The van der Waals surface area contributed by atoms with Gasteiger partial charge in [-0.15, -0.1) is 0 Å². The third kappa shape index (κ3) is 5.61. The molecule has 2 aromatic rings. The summed E-state index contributed by atoms with van der Waals surface area (Å²) >= 11 is 0. The molecule has 0 bridgehead atoms. The van der Waals surface area contributed by atoms with Crippen LogP contribution in [0.3, 0.4) is 0 Å². The summed E-state index contributed by atoms with van der Waals surface area (Å²) < 4.78 is 16.7. The average molecular weight is 289 g/mol. The molecule has 0 fully saturated rings. The van der Waals surface area contributed by atoms with Crippen molar-refractivity contribution in [2.24, 2.45) is 0 Å². The van der Waals surface area contributed by atoms with E-state index >= 15 is 0 Å². The van der Waals surface area contributed by atoms with E-state index in [1.54, 1.807) is 6.26 Å². The molecule has 0 saturated heterocycles. The summed E-state index contributed by atoms with van der Waals surface area (Å²) in [4.78, 5) is 0. The lowest BCUT2D eigenvalue weighted by molar-refractivity contribution is 0.0879. The van der Waals surface area contributed by atoms with Crippen molar-refractivity contribution in [3.05, 3.63) is 54.0 Å². The van der Waals surface area contributed by atoms with Gasteiger partial charge in [-0.25, -0.2) is 0 Å². The number of furan rings is 1. The molecular weight excluding hydrogens is 266 g/mol. The minimum atomic E-state index is 0.433. The molecule has 1 heterocycles. The van der Waals surface area contributed by atoms with E-state index in [-0.39, 0.29) is 0 Å². The van der Waals surface area contributed by atoms with Crippen LogP contribution in [-0.2, 0) is 17.9 Å². The Morgan fingerprint density at radius 2 is 1.90 bits per heavy atom. The largest absolute Gasteiger partial charge is 0.491 e. The van der Waals surface area contributed by atoms with Gasteiger partial charge in [0.15, 0.2) is 0 Å². The van der Waals surface area contributed by atoms with E-state index in [0.717, 1.165) is 23.6 Å². The molecule has 1 aromatic heterocycles. The van der Waals surface area contributed by atoms with E-state index in [4.69, 9.17) is 13.9 Å². The van der Waals surface area contributed by atoms with Gasteiger partial charge in [0.2, 0.25) is 0 Å². The second kappa shape index (κ2) is 8.49. The Kier molecular flexibility index (Phi) is 6.31. The van der Waals surface area contributed by atoms with E-state index < -0.39 is 0 Å². The summed E-state index contributed by atoms with van der Waals surface area (Å²) in [7, 11) is 0. The van der Waals surface area contributed by atoms with Crippen LogP contribution in [0.2, 0.25) is 0 Å². The van der Waals surface area contributed by atoms with E-state index in [0.29, 0.717) is 25.9 Å². The topological polar surface area (TPSA) is 43.6 Å². The van der Waals surface area contributed by atoms with Gasteiger partial charge in [-0.1, -0.05) is 32.0 Å². The monoisotopic (exact) mass is 289 g/mol. The number of hydrogen-bond donors (Lipinski definition) is 1. The zero-order valence-electron chi connectivity index (χ0n) is 12.7. The molecular formula is C17H23NO3. The van der Waals surface area contributed by atoms with E-state index in [1.165, 1.54) is 0 Å². The van der Waals surface area contributed by atoms with Gasteiger partial charge in [0, 0.05) is 11.6 Å². The van der Waals surface area contributed by atoms with Crippen molar-refractivity contribution in [1.82, 2.24) is 5.32 Å². The fourth-order valence-corrected chi connectivity index (χ4v) is 1.86. The van der Waals surface area contributed by atoms with Crippen LogP contribution in [0.1, 0.15) is 25.2 Å². The highest BCUT2D eigenvalue weighted by Crippen LogP contribution is 2.12. The van der Waals surface area contributed by atoms with Crippen LogP contribution < -0.4 is 10.1 Å². The Morgan fingerprint density at radius 1 is 1.10 bits per heavy atom. The molecule has 0 aliphatic heterocycles. The summed E-state index contributed by atoms with van der Waals surface area (Å²) in [6.45, 7) is 6.59. The third-order valence-electron chi connectivity index (χ3n) is 3.01. The smallest absolute Gasteiger partial charge is 0.123 e. The highest BCUT2D eigenvalue weighted by molar-refractivity contribution is 5.20. The van der Waals surface area contributed by atoms with Gasteiger partial charge in [-0.05, 0) is 18.2 Å². The predicted molar refractivity (Wildman–Crippen MR) is 82.3 cm³/mol. The molecule has 1 N–H and O–H groups in total. The SMILES string of the molecule is CC(C)NCc1occc1COCCOc1ccccc1. The van der Waals surface area contributed by atoms with Crippen molar-refractivity contribution in [2.45, 2.75) is 33.0 Å². The first-order valence-electron chi connectivity index (χ1n) is 7.30. The maximum Gasteiger partial charge on any atom is 0.123 e. The van der Waals surface area contributed by atoms with Gasteiger partial charge < -0.3 is 19.2 Å². The first kappa shape index (κ1) is 15.6. The van der Waals surface area contributed by atoms with Crippen LogP contribution in [0.25, 0.3) is 0 Å². The number of benzene rings is 1. The summed E-state index contributed by atoms with van der Waals surface area (Å²) in [5.74, 6) is 1.80. The number of para-hydroxylation sites is 1. The highest BCUT2D eigenvalue weighted by atomic mass is 16.5. The zero-order chi connectivity index (χ0) is 14.9. The molecule has 0 amide bonds. The maximum atomic E-state index is 5.63. The average Bonchev–Trinajstić information content (AvgIpc) is 2.93. The summed E-state index contributed by atoms with van der Waals surface area (Å²) in [6, 6.07) is 12.1. The molecule has 21 heavy (non-hydrogen) atoms. The Hall–Kier alpha value is -1.78. The Labute approximate surface area is 126 Å². The molecule has 0 aliphatic carbocycles. The van der Waals surface area contributed by atoms with Crippen LogP contribution in [0.15, 0.2) is 47.1 Å². The second-order valence-corrected chi connectivity index (χ2v) is 5.12. The van der Waals surface area contributed by atoms with Gasteiger partial charge in [0.1, 0.15) is 18.1 Å². The number of hydrogen-bond acceptors (Lipinski definition) is 4. The summed E-state index contributed by atoms with van der Waals surface area (Å²) in [5.41, 5.74) is 1.09. The zero-order valence-corrected chi connectivity index (χ0v) is 12.7. The van der Waals surface area contributed by atoms with Gasteiger partial charge >= 0.3 is 0 Å². The predicted octanol–water partition coefficient (Wildman–Crippen LogP) is 3.37. The van der Waals surface area contributed by atoms with Crippen LogP contribution in [0.5, 0.6) is 5.75 Å². The lowest BCUT2D eigenvalue weighted by Gasteiger charge is -2.09. The minimum absolute atomic E-state index is 0.433. The molecule has 0 saturated carbocycles. The molecule has 1 aromatic carbocycles. The lowest BCUT2D eigenvalue weighted by Crippen LogP contribution is -2.22. The van der Waals surface area contributed by atoms with Crippen molar-refractivity contribution < 1.29 is 13.9 Å². The van der Waals surface area contributed by atoms with Crippen molar-refractivity contribution in [1.29, 1.82) is 0 Å². The fourth-order valence-electron chi connectivity index (χ4n) is 1.86. The lowest BCUT2D eigenvalue weighted by atomic mass is 10.2. The molecule has 0 aliphatic rings. The Bertz CT molecular complexity index is 508. The summed E-state index contributed by atoms with van der Waals surface area (Å²) in [6.07, 6.45) is 1.70. The molecule has 114 valence electrons. The third-order valence-corrected chi connectivity index (χ3v) is 3.01. The number of rotatable bonds is 9. The maximum absolute atomic E-state index is 5.63. The van der Waals surface area contributed by atoms with E-state index in [2.05, 4.69) is 19.2 Å². The molecule has 2 rings (SSSR count). The van der Waals surface area contributed by atoms with Gasteiger partial charge in [0.25, 0.3) is 0 Å². The van der Waals surface area contributed by atoms with Crippen LogP contribution in [0, 0.1) is 0 Å². The van der Waals surface area contributed by atoms with Gasteiger partial charge in [-0.2, -0.15) is 0 Å². The Balaban J connectivity index is 1.66. The van der Waals surface area contributed by atoms with Crippen LogP contribution in [-0.4, -0.2) is 19.3 Å². The van der Waals surface area contributed by atoms with Crippen molar-refractivity contribution in [3.8, 4) is 5.75 Å². The fraction of sp³-hybridized carbons (Fsp3) is 0.412. The summed E-state index contributed by atoms with van der Waals surface area (Å²) in [5, 5.41) is 3.34. The Morgan fingerprint density at radius 3 is 2.67 bits per heavy atom. The van der Waals surface area contributed by atoms with Crippen molar-refractivity contribution in [2.75, 3.05) is 13.2 Å². The minimum Gasteiger partial charge on any atom is -0.491 e. The highest BCUT2D eigenvalue weighted by Gasteiger charge is 2.07. The van der Waals surface area contributed by atoms with Gasteiger partial charge in [0.05, 0.1) is 26.0 Å². The molecule has 0 radical (unpaired) electrons. The van der Waals surface area contributed by atoms with E-state index in [9.17, 15) is 0 Å². The molecule has 0 atom stereocenters. The first-order chi connectivity index (χ1) is 10.3. The van der Waals surface area contributed by atoms with Crippen LogP contribution >= 0.6 is 0 Å². The normalized spacial score (nSPS) is 11.0. The van der Waals surface area contributed by atoms with Gasteiger partial charge in [-0.3, -0.25) is 0 Å². The standard InChI is InChI=1S/C17H23NO3/c1-14(2)18-12-17-15(8-9-21-17)13-19-10-11-20-16-6-4-3-5-7-16/h3-9,14,18H,10-13H2,1-2H3. The molecule has 0 spiro atoms. The number of ether oxygens (including phenoxy) is 2. The molecule has 0 unspecified atom stereocenters. The molecule has 4 nitrogen and oxygen atoms in total. The second-order valence-electron chi connectivity index (χ2n) is 5.12. The molecule has 4 heteroatoms. The van der Waals surface area contributed by atoms with E-state index in [1.807, 2.05) is 36.4 Å².